The van der Waals surface area contributed by atoms with Gasteiger partial charge in [-0.05, 0) is 41.5 Å². The van der Waals surface area contributed by atoms with Crippen molar-refractivity contribution in [2.24, 2.45) is 20.4 Å². The van der Waals surface area contributed by atoms with Gasteiger partial charge in [0.25, 0.3) is 13.3 Å². The first kappa shape index (κ1) is 26.0. The van der Waals surface area contributed by atoms with E-state index in [4.69, 9.17) is 20.4 Å². The Morgan fingerprint density at radius 3 is 1.09 bits per heavy atom. The van der Waals surface area contributed by atoms with Gasteiger partial charge in [0.2, 0.25) is 11.7 Å². The first-order valence-corrected chi connectivity index (χ1v) is 12.2. The molecule has 2 aliphatic heterocycles. The summed E-state index contributed by atoms with van der Waals surface area (Å²) in [4.78, 5) is 0. The number of hydrogen-bond acceptors (Lipinski definition) is 6. The van der Waals surface area contributed by atoms with Crippen LogP contribution in [0.3, 0.4) is 0 Å². The summed E-state index contributed by atoms with van der Waals surface area (Å²) in [7, 11) is 0. The van der Waals surface area contributed by atoms with Crippen LogP contribution in [0.15, 0.2) is 44.7 Å². The van der Waals surface area contributed by atoms with Crippen molar-refractivity contribution in [1.82, 2.24) is 10.0 Å². The zero-order valence-corrected chi connectivity index (χ0v) is 23.3. The Morgan fingerprint density at radius 1 is 0.559 bits per heavy atom. The molecule has 186 valence electrons. The van der Waals surface area contributed by atoms with Crippen LogP contribution < -0.4 is 0 Å². The van der Waals surface area contributed by atoms with E-state index < -0.39 is 0 Å². The van der Waals surface area contributed by atoms with E-state index in [0.29, 0.717) is 13.3 Å². The molecule has 0 amide bonds. The molecule has 0 aliphatic carbocycles. The minimum absolute atomic E-state index is 0.104. The second-order valence-electron chi connectivity index (χ2n) is 13.2. The van der Waals surface area contributed by atoms with Gasteiger partial charge in [0.1, 0.15) is 0 Å². The molecule has 0 N–H and O–H groups in total. The van der Waals surface area contributed by atoms with Gasteiger partial charge in [-0.25, -0.2) is 10.0 Å². The lowest BCUT2D eigenvalue weighted by Gasteiger charge is -2.34. The monoisotopic (exact) mass is 468 g/mol. The summed E-state index contributed by atoms with van der Waals surface area (Å²) in [6.07, 6.45) is 0. The molecule has 0 radical (unpaired) electrons. The lowest BCUT2D eigenvalue weighted by Crippen LogP contribution is -2.49. The van der Waals surface area contributed by atoms with Crippen LogP contribution in [0.1, 0.15) is 94.2 Å². The van der Waals surface area contributed by atoms with Crippen LogP contribution in [0.5, 0.6) is 0 Å². The van der Waals surface area contributed by atoms with Crippen LogP contribution in [0.2, 0.25) is 0 Å². The third-order valence-corrected chi connectivity index (χ3v) is 5.90. The van der Waals surface area contributed by atoms with Crippen molar-refractivity contribution in [3.63, 3.8) is 0 Å². The van der Waals surface area contributed by atoms with Gasteiger partial charge in [0.05, 0.1) is 11.1 Å². The van der Waals surface area contributed by atoms with Crippen LogP contribution in [0, 0.1) is 0 Å². The highest BCUT2D eigenvalue weighted by atomic mass is 15.6. The van der Waals surface area contributed by atoms with Gasteiger partial charge in [-0.2, -0.15) is 0 Å². The number of nitrogens with zero attached hydrogens (tertiary/aromatic N) is 8. The fourth-order valence-corrected chi connectivity index (χ4v) is 3.33. The predicted molar refractivity (Wildman–Crippen MR) is 137 cm³/mol. The molecule has 0 fully saturated rings. The maximum Gasteiger partial charge on any atom is 0.259 e. The van der Waals surface area contributed by atoms with Gasteiger partial charge in [-0.3, -0.25) is 0 Å². The van der Waals surface area contributed by atoms with E-state index >= 15 is 0 Å². The van der Waals surface area contributed by atoms with E-state index in [1.165, 1.54) is 0 Å². The van der Waals surface area contributed by atoms with Crippen molar-refractivity contribution in [1.29, 1.82) is 0 Å². The van der Waals surface area contributed by atoms with Crippen molar-refractivity contribution >= 4 is 11.7 Å². The summed E-state index contributed by atoms with van der Waals surface area (Å²) in [5.74, 6) is 1.44. The smallest absolute Gasteiger partial charge is 0.229 e. The molecule has 2 aliphatic rings. The Morgan fingerprint density at radius 2 is 0.853 bits per heavy atom. The third kappa shape index (κ3) is 5.88. The number of amidine groups is 2. The van der Waals surface area contributed by atoms with Crippen LogP contribution >= 0.6 is 0 Å². The Kier molecular flexibility index (Phi) is 6.52. The summed E-state index contributed by atoms with van der Waals surface area (Å²) >= 11 is 0. The van der Waals surface area contributed by atoms with E-state index in [1.54, 1.807) is 0 Å². The SMILES string of the molecule is CC(C)(C)N1C[N+](C(C)(C)C)=NC(c2ccc(C3=NN(C(C)(C)C)C[N+](C(C)(C)C)=N3)cc2)=N1. The molecular weight excluding hydrogens is 424 g/mol. The molecule has 0 bridgehead atoms. The topological polar surface area (TPSA) is 61.9 Å². The number of hydrazone groups is 2. The fourth-order valence-electron chi connectivity index (χ4n) is 3.33. The Balaban J connectivity index is 2.00. The van der Waals surface area contributed by atoms with E-state index in [9.17, 15) is 0 Å². The maximum atomic E-state index is 4.89. The molecule has 8 nitrogen and oxygen atoms in total. The highest BCUT2D eigenvalue weighted by Crippen LogP contribution is 2.25. The second kappa shape index (κ2) is 8.54. The molecular formula is C26H44N8+2. The van der Waals surface area contributed by atoms with Gasteiger partial charge >= 0.3 is 0 Å². The molecule has 0 saturated carbocycles. The lowest BCUT2D eigenvalue weighted by atomic mass is 10.1. The molecule has 1 aromatic rings. The highest BCUT2D eigenvalue weighted by Gasteiger charge is 2.38. The summed E-state index contributed by atoms with van der Waals surface area (Å²) < 4.78 is 4.22. The molecule has 0 aromatic heterocycles. The molecule has 3 rings (SSSR count). The molecule has 0 saturated heterocycles. The minimum atomic E-state index is -0.104. The second-order valence-corrected chi connectivity index (χ2v) is 13.2. The van der Waals surface area contributed by atoms with Gasteiger partial charge in [-0.15, -0.1) is 10.2 Å². The number of hydrogen-bond donors (Lipinski definition) is 0. The molecule has 0 atom stereocenters. The highest BCUT2D eigenvalue weighted by molar-refractivity contribution is 6.02. The average Bonchev–Trinajstić information content (AvgIpc) is 2.70. The van der Waals surface area contributed by atoms with Gasteiger partial charge in [0, 0.05) is 62.9 Å². The number of benzene rings is 1. The zero-order valence-electron chi connectivity index (χ0n) is 23.3. The summed E-state index contributed by atoms with van der Waals surface area (Å²) in [5.41, 5.74) is 1.54. The fraction of sp³-hybridized carbons (Fsp3) is 0.692. The van der Waals surface area contributed by atoms with E-state index in [0.717, 1.165) is 22.8 Å². The average molecular weight is 469 g/mol. The molecule has 34 heavy (non-hydrogen) atoms. The summed E-state index contributed by atoms with van der Waals surface area (Å²) in [6.45, 7) is 27.4. The van der Waals surface area contributed by atoms with Crippen molar-refractivity contribution < 1.29 is 9.39 Å². The van der Waals surface area contributed by atoms with E-state index in [1.807, 2.05) is 0 Å². The predicted octanol–water partition coefficient (Wildman–Crippen LogP) is 5.68. The normalized spacial score (nSPS) is 18.4. The van der Waals surface area contributed by atoms with Gasteiger partial charge in [-0.1, -0.05) is 33.7 Å². The summed E-state index contributed by atoms with van der Waals surface area (Å²) in [5, 5.41) is 23.8. The third-order valence-electron chi connectivity index (χ3n) is 5.90. The first-order valence-electron chi connectivity index (χ1n) is 12.2. The largest absolute Gasteiger partial charge is 0.259 e. The van der Waals surface area contributed by atoms with Gasteiger partial charge < -0.3 is 0 Å². The Hall–Kier alpha value is -2.64. The molecule has 8 heteroatoms. The minimum Gasteiger partial charge on any atom is -0.229 e. The maximum absolute atomic E-state index is 4.89. The van der Waals surface area contributed by atoms with Gasteiger partial charge in [0.15, 0.2) is 11.1 Å². The molecule has 2 heterocycles. The molecule has 0 unspecified atom stereocenters. The van der Waals surface area contributed by atoms with Crippen molar-refractivity contribution in [2.45, 2.75) is 105 Å². The molecule has 0 spiro atoms. The Labute approximate surface area is 205 Å². The lowest BCUT2D eigenvalue weighted by molar-refractivity contribution is -0.671. The van der Waals surface area contributed by atoms with Crippen LogP contribution in [0.4, 0.5) is 0 Å². The quantitative estimate of drug-likeness (QED) is 0.524. The van der Waals surface area contributed by atoms with E-state index in [-0.39, 0.29) is 22.2 Å². The van der Waals surface area contributed by atoms with Crippen LogP contribution in [-0.4, -0.2) is 66.6 Å². The first-order chi connectivity index (χ1) is 15.4. The van der Waals surface area contributed by atoms with Crippen molar-refractivity contribution in [3.8, 4) is 0 Å². The zero-order chi connectivity index (χ0) is 25.7. The summed E-state index contributed by atoms with van der Waals surface area (Å²) in [6, 6.07) is 8.28. The molecule has 1 aromatic carbocycles. The van der Waals surface area contributed by atoms with Crippen molar-refractivity contribution in [2.75, 3.05) is 13.3 Å². The van der Waals surface area contributed by atoms with Crippen molar-refractivity contribution in [3.05, 3.63) is 35.4 Å². The van der Waals surface area contributed by atoms with Crippen LogP contribution in [-0.2, 0) is 0 Å². The number of rotatable bonds is 2. The van der Waals surface area contributed by atoms with Crippen LogP contribution in [0.25, 0.3) is 0 Å². The van der Waals surface area contributed by atoms with E-state index in [2.05, 4.69) is 127 Å². The standard InChI is InChI=1S/C26H44N8/c1-23(2,3)31-17-32(24(4,5)6)28-21(27-31)19-13-15-20(16-14-19)22-29-33(25(7,8)9)18-34(30-22)26(10,11)12/h13-16H,17-18H2,1-12H3/q+2. The number of azo groups is 4. The Bertz CT molecular complexity index is 948.